The number of aromatic nitrogens is 3. The van der Waals surface area contributed by atoms with Crippen molar-refractivity contribution < 1.29 is 18.9 Å². The van der Waals surface area contributed by atoms with Crippen molar-refractivity contribution in [2.45, 2.75) is 57.4 Å². The molecule has 3 aliphatic heterocycles. The van der Waals surface area contributed by atoms with Crippen LogP contribution < -0.4 is 0 Å². The molecular formula is C17H19N3O4. The molecule has 0 spiro atoms. The van der Waals surface area contributed by atoms with E-state index in [2.05, 4.69) is 10.3 Å². The molecule has 4 heterocycles. The third-order valence-corrected chi connectivity index (χ3v) is 4.74. The van der Waals surface area contributed by atoms with Crippen LogP contribution in [0.3, 0.4) is 0 Å². The van der Waals surface area contributed by atoms with Gasteiger partial charge in [-0.2, -0.15) is 0 Å². The Kier molecular flexibility index (Phi) is 3.09. The van der Waals surface area contributed by atoms with Crippen LogP contribution in [-0.2, 0) is 32.1 Å². The standard InChI is InChI=1S/C17H19N3O4/c1-17(2)23-15-14-12(22-16(15)24-17)8-20-11(9-21-14)13(18-19-20)10-6-4-3-5-7-10/h3-7,12,14-16H,8-9H2,1-2H3/t12-,14+,15-,16-/m1/s1. The van der Waals surface area contributed by atoms with E-state index in [0.717, 1.165) is 17.0 Å². The van der Waals surface area contributed by atoms with E-state index >= 15 is 0 Å². The molecule has 1 aromatic carbocycles. The van der Waals surface area contributed by atoms with Crippen molar-refractivity contribution in [3.8, 4) is 11.3 Å². The Morgan fingerprint density at radius 3 is 2.79 bits per heavy atom. The highest BCUT2D eigenvalue weighted by atomic mass is 16.8. The molecule has 126 valence electrons. The van der Waals surface area contributed by atoms with Crippen LogP contribution in [0.2, 0.25) is 0 Å². The maximum atomic E-state index is 6.15. The Morgan fingerprint density at radius 2 is 1.96 bits per heavy atom. The van der Waals surface area contributed by atoms with Gasteiger partial charge >= 0.3 is 0 Å². The van der Waals surface area contributed by atoms with Crippen LogP contribution in [0.5, 0.6) is 0 Å². The molecule has 0 unspecified atom stereocenters. The Morgan fingerprint density at radius 1 is 1.12 bits per heavy atom. The average molecular weight is 329 g/mol. The molecule has 0 amide bonds. The number of fused-ring (bicyclic) bond motifs is 4. The number of ether oxygens (including phenoxy) is 4. The predicted molar refractivity (Wildman–Crippen MR) is 82.7 cm³/mol. The molecule has 0 saturated carbocycles. The Balaban J connectivity index is 1.44. The Labute approximate surface area is 139 Å². The Hall–Kier alpha value is -1.80. The molecule has 0 aliphatic carbocycles. The first-order valence-corrected chi connectivity index (χ1v) is 8.21. The van der Waals surface area contributed by atoms with Crippen molar-refractivity contribution in [2.24, 2.45) is 0 Å². The van der Waals surface area contributed by atoms with Crippen molar-refractivity contribution in [1.29, 1.82) is 0 Å². The average Bonchev–Trinajstić information content (AvgIpc) is 3.14. The maximum Gasteiger partial charge on any atom is 0.190 e. The van der Waals surface area contributed by atoms with Gasteiger partial charge in [-0.3, -0.25) is 0 Å². The highest BCUT2D eigenvalue weighted by Gasteiger charge is 2.56. The third-order valence-electron chi connectivity index (χ3n) is 4.74. The molecule has 0 radical (unpaired) electrons. The maximum absolute atomic E-state index is 6.15. The summed E-state index contributed by atoms with van der Waals surface area (Å²) in [4.78, 5) is 0. The lowest BCUT2D eigenvalue weighted by Gasteiger charge is -2.23. The largest absolute Gasteiger partial charge is 0.366 e. The summed E-state index contributed by atoms with van der Waals surface area (Å²) in [6.07, 6.45) is -0.902. The van der Waals surface area contributed by atoms with E-state index < -0.39 is 5.79 Å². The van der Waals surface area contributed by atoms with E-state index in [1.54, 1.807) is 0 Å². The summed E-state index contributed by atoms with van der Waals surface area (Å²) in [5.74, 6) is -0.639. The summed E-state index contributed by atoms with van der Waals surface area (Å²) in [6.45, 7) is 4.79. The van der Waals surface area contributed by atoms with Crippen LogP contribution in [0.15, 0.2) is 30.3 Å². The Bertz CT molecular complexity index is 760. The third kappa shape index (κ3) is 2.20. The highest BCUT2D eigenvalue weighted by Crippen LogP contribution is 2.40. The lowest BCUT2D eigenvalue weighted by Crippen LogP contribution is -2.37. The fraction of sp³-hybridized carbons (Fsp3) is 0.529. The van der Waals surface area contributed by atoms with Gasteiger partial charge in [0.15, 0.2) is 12.1 Å². The highest BCUT2D eigenvalue weighted by molar-refractivity contribution is 5.61. The molecule has 2 fully saturated rings. The second-order valence-electron chi connectivity index (χ2n) is 6.85. The van der Waals surface area contributed by atoms with Gasteiger partial charge in [0.25, 0.3) is 0 Å². The van der Waals surface area contributed by atoms with E-state index in [1.165, 1.54) is 0 Å². The molecule has 2 aromatic rings. The fourth-order valence-corrected chi connectivity index (χ4v) is 3.68. The quantitative estimate of drug-likeness (QED) is 0.794. The van der Waals surface area contributed by atoms with Crippen LogP contribution in [0.1, 0.15) is 19.5 Å². The second kappa shape index (κ2) is 5.10. The summed E-state index contributed by atoms with van der Waals surface area (Å²) in [7, 11) is 0. The zero-order valence-corrected chi connectivity index (χ0v) is 13.6. The van der Waals surface area contributed by atoms with E-state index in [9.17, 15) is 0 Å². The molecule has 4 atom stereocenters. The molecule has 0 N–H and O–H groups in total. The first-order valence-electron chi connectivity index (χ1n) is 8.21. The zero-order valence-electron chi connectivity index (χ0n) is 13.6. The monoisotopic (exact) mass is 329 g/mol. The van der Waals surface area contributed by atoms with Gasteiger partial charge in [0.05, 0.1) is 18.8 Å². The molecular weight excluding hydrogens is 310 g/mol. The van der Waals surface area contributed by atoms with Gasteiger partial charge in [-0.05, 0) is 13.8 Å². The molecule has 24 heavy (non-hydrogen) atoms. The first kappa shape index (κ1) is 14.5. The second-order valence-corrected chi connectivity index (χ2v) is 6.85. The van der Waals surface area contributed by atoms with Gasteiger partial charge in [0.1, 0.15) is 24.0 Å². The van der Waals surface area contributed by atoms with E-state index in [1.807, 2.05) is 48.9 Å². The zero-order chi connectivity index (χ0) is 16.3. The van der Waals surface area contributed by atoms with Crippen LogP contribution in [0.4, 0.5) is 0 Å². The van der Waals surface area contributed by atoms with Crippen LogP contribution >= 0.6 is 0 Å². The van der Waals surface area contributed by atoms with Gasteiger partial charge in [-0.1, -0.05) is 35.5 Å². The SMILES string of the molecule is CC1(C)O[C@H]2O[C@@H]3Cn4nnc(-c5ccccc5)c4CO[C@@H]3[C@H]2O1. The number of hydrogen-bond donors (Lipinski definition) is 0. The summed E-state index contributed by atoms with van der Waals surface area (Å²) < 4.78 is 25.8. The fourth-order valence-electron chi connectivity index (χ4n) is 3.68. The van der Waals surface area contributed by atoms with Crippen LogP contribution in [-0.4, -0.2) is 45.4 Å². The molecule has 7 heteroatoms. The predicted octanol–water partition coefficient (Wildman–Crippen LogP) is 1.72. The minimum Gasteiger partial charge on any atom is -0.366 e. The van der Waals surface area contributed by atoms with E-state index in [4.69, 9.17) is 18.9 Å². The summed E-state index contributed by atoms with van der Waals surface area (Å²) >= 11 is 0. The summed E-state index contributed by atoms with van der Waals surface area (Å²) in [5.41, 5.74) is 2.86. The molecule has 5 rings (SSSR count). The molecule has 3 aliphatic rings. The molecule has 0 bridgehead atoms. The topological polar surface area (TPSA) is 67.6 Å². The number of hydrogen-bond acceptors (Lipinski definition) is 6. The van der Waals surface area contributed by atoms with Crippen LogP contribution in [0.25, 0.3) is 11.3 Å². The molecule has 7 nitrogen and oxygen atoms in total. The van der Waals surface area contributed by atoms with Gasteiger partial charge < -0.3 is 18.9 Å². The van der Waals surface area contributed by atoms with Gasteiger partial charge in [-0.25, -0.2) is 4.68 Å². The first-order chi connectivity index (χ1) is 11.6. The lowest BCUT2D eigenvalue weighted by atomic mass is 10.1. The summed E-state index contributed by atoms with van der Waals surface area (Å²) in [6, 6.07) is 10.0. The van der Waals surface area contributed by atoms with Gasteiger partial charge in [0, 0.05) is 5.56 Å². The van der Waals surface area contributed by atoms with E-state index in [0.29, 0.717) is 13.2 Å². The van der Waals surface area contributed by atoms with Crippen molar-refractivity contribution in [2.75, 3.05) is 0 Å². The number of rotatable bonds is 1. The number of nitrogens with zero attached hydrogens (tertiary/aromatic N) is 3. The van der Waals surface area contributed by atoms with Crippen molar-refractivity contribution in [3.05, 3.63) is 36.0 Å². The number of benzene rings is 1. The van der Waals surface area contributed by atoms with Crippen molar-refractivity contribution in [3.63, 3.8) is 0 Å². The van der Waals surface area contributed by atoms with Gasteiger partial charge in [0.2, 0.25) is 0 Å². The summed E-state index contributed by atoms with van der Waals surface area (Å²) in [5, 5.41) is 8.64. The molecule has 1 aromatic heterocycles. The lowest BCUT2D eigenvalue weighted by molar-refractivity contribution is -0.219. The van der Waals surface area contributed by atoms with Crippen LogP contribution in [0, 0.1) is 0 Å². The normalized spacial score (nSPS) is 33.6. The van der Waals surface area contributed by atoms with Crippen molar-refractivity contribution in [1.82, 2.24) is 15.0 Å². The van der Waals surface area contributed by atoms with Crippen molar-refractivity contribution >= 4 is 0 Å². The molecule has 2 saturated heterocycles. The minimum absolute atomic E-state index is 0.150. The van der Waals surface area contributed by atoms with E-state index in [-0.39, 0.29) is 24.6 Å². The minimum atomic E-state index is -0.639. The van der Waals surface area contributed by atoms with Gasteiger partial charge in [-0.15, -0.1) is 5.10 Å². The smallest absolute Gasteiger partial charge is 0.190 e.